The van der Waals surface area contributed by atoms with Gasteiger partial charge in [-0.15, -0.1) is 0 Å². The summed E-state index contributed by atoms with van der Waals surface area (Å²) in [4.78, 5) is 24.3. The van der Waals surface area contributed by atoms with Gasteiger partial charge in [0.15, 0.2) is 0 Å². The number of rotatable bonds is 6. The largest absolute Gasteiger partial charge is 0.423 e. The number of benzene rings is 2. The molecule has 3 rings (SSSR count). The molecule has 5 nitrogen and oxygen atoms in total. The third-order valence-electron chi connectivity index (χ3n) is 4.82. The molecule has 5 heteroatoms. The second kappa shape index (κ2) is 8.30. The number of hydrogen-bond donors (Lipinski definition) is 2. The molecule has 0 aliphatic heterocycles. The molecule has 28 heavy (non-hydrogen) atoms. The van der Waals surface area contributed by atoms with Gasteiger partial charge >= 0.3 is 5.63 Å². The molecule has 0 atom stereocenters. The smallest absolute Gasteiger partial charge is 0.336 e. The number of carbonyl (C=O) groups excluding carboxylic acids is 1. The average molecular weight is 378 g/mol. The molecule has 0 aliphatic rings. The van der Waals surface area contributed by atoms with Crippen LogP contribution in [0, 0.1) is 6.92 Å². The Morgan fingerprint density at radius 2 is 1.89 bits per heavy atom. The zero-order chi connectivity index (χ0) is 20.3. The Morgan fingerprint density at radius 1 is 1.14 bits per heavy atom. The van der Waals surface area contributed by atoms with E-state index in [9.17, 15) is 9.59 Å². The summed E-state index contributed by atoms with van der Waals surface area (Å²) < 4.78 is 5.42. The monoisotopic (exact) mass is 378 g/mol. The number of carbonyl (C=O) groups is 1. The van der Waals surface area contributed by atoms with Gasteiger partial charge in [-0.3, -0.25) is 4.79 Å². The molecule has 0 bridgehead atoms. The maximum atomic E-state index is 12.3. The van der Waals surface area contributed by atoms with Crippen molar-refractivity contribution < 1.29 is 9.21 Å². The van der Waals surface area contributed by atoms with Gasteiger partial charge in [-0.2, -0.15) is 0 Å². The minimum atomic E-state index is -0.377. The standard InChI is InChI=1S/C23H26N2O3/c1-5-24-23(27)17-8-6-7-9-20(17)25-13-16-11-22(26)28-21-10-15(4)18(14(2)3)12-19(16)21/h6-12,14,25H,5,13H2,1-4H3,(H,24,27). The fraction of sp³-hybridized carbons (Fsp3) is 0.304. The van der Waals surface area contributed by atoms with Crippen LogP contribution in [-0.4, -0.2) is 12.5 Å². The summed E-state index contributed by atoms with van der Waals surface area (Å²) in [6.07, 6.45) is 0. The van der Waals surface area contributed by atoms with Gasteiger partial charge in [0, 0.05) is 30.2 Å². The van der Waals surface area contributed by atoms with E-state index in [1.165, 1.54) is 11.6 Å². The average Bonchev–Trinajstić information content (AvgIpc) is 2.65. The minimum Gasteiger partial charge on any atom is -0.423 e. The van der Waals surface area contributed by atoms with Crippen LogP contribution in [0.5, 0.6) is 0 Å². The summed E-state index contributed by atoms with van der Waals surface area (Å²) >= 11 is 0. The van der Waals surface area contributed by atoms with E-state index in [0.717, 1.165) is 22.2 Å². The van der Waals surface area contributed by atoms with Crippen molar-refractivity contribution in [3.05, 3.63) is 75.1 Å². The predicted octanol–water partition coefficient (Wildman–Crippen LogP) is 4.59. The van der Waals surface area contributed by atoms with Crippen LogP contribution in [0.15, 0.2) is 51.7 Å². The molecule has 0 saturated heterocycles. The maximum Gasteiger partial charge on any atom is 0.336 e. The first kappa shape index (κ1) is 19.7. The van der Waals surface area contributed by atoms with Crippen LogP contribution in [-0.2, 0) is 6.54 Å². The molecule has 2 N–H and O–H groups in total. The van der Waals surface area contributed by atoms with Gasteiger partial charge in [0.1, 0.15) is 5.58 Å². The SMILES string of the molecule is CCNC(=O)c1ccccc1NCc1cc(=O)oc2cc(C)c(C(C)C)cc12. The summed E-state index contributed by atoms with van der Waals surface area (Å²) in [5, 5.41) is 7.05. The molecule has 1 aromatic heterocycles. The van der Waals surface area contributed by atoms with Gasteiger partial charge in [0.25, 0.3) is 5.91 Å². The Hall–Kier alpha value is -3.08. The van der Waals surface area contributed by atoms with E-state index < -0.39 is 0 Å². The van der Waals surface area contributed by atoms with E-state index >= 15 is 0 Å². The highest BCUT2D eigenvalue weighted by molar-refractivity contribution is 5.99. The summed E-state index contributed by atoms with van der Waals surface area (Å²) in [7, 11) is 0. The van der Waals surface area contributed by atoms with E-state index in [-0.39, 0.29) is 11.5 Å². The quantitative estimate of drug-likeness (QED) is 0.616. The summed E-state index contributed by atoms with van der Waals surface area (Å²) in [6.45, 7) is 9.19. The van der Waals surface area contributed by atoms with Crippen molar-refractivity contribution in [2.45, 2.75) is 40.2 Å². The van der Waals surface area contributed by atoms with E-state index in [4.69, 9.17) is 4.42 Å². The van der Waals surface area contributed by atoms with E-state index in [1.54, 1.807) is 6.07 Å². The van der Waals surface area contributed by atoms with Gasteiger partial charge in [-0.1, -0.05) is 26.0 Å². The maximum absolute atomic E-state index is 12.3. The highest BCUT2D eigenvalue weighted by atomic mass is 16.4. The Labute approximate surface area is 164 Å². The van der Waals surface area contributed by atoms with Crippen LogP contribution in [0.3, 0.4) is 0 Å². The molecule has 3 aromatic rings. The molecule has 0 saturated carbocycles. The van der Waals surface area contributed by atoms with Gasteiger partial charge in [-0.05, 0) is 60.7 Å². The summed E-state index contributed by atoms with van der Waals surface area (Å²) in [5.74, 6) is 0.247. The van der Waals surface area contributed by atoms with Crippen molar-refractivity contribution in [2.75, 3.05) is 11.9 Å². The Kier molecular flexibility index (Phi) is 5.83. The highest BCUT2D eigenvalue weighted by Gasteiger charge is 2.13. The van der Waals surface area contributed by atoms with Crippen LogP contribution in [0.25, 0.3) is 11.0 Å². The molecule has 146 valence electrons. The third kappa shape index (κ3) is 4.09. The summed E-state index contributed by atoms with van der Waals surface area (Å²) in [5.41, 5.74) is 4.70. The van der Waals surface area contributed by atoms with Crippen molar-refractivity contribution in [3.8, 4) is 0 Å². The van der Waals surface area contributed by atoms with E-state index in [1.807, 2.05) is 38.1 Å². The number of nitrogens with one attached hydrogen (secondary N) is 2. The zero-order valence-corrected chi connectivity index (χ0v) is 16.8. The topological polar surface area (TPSA) is 71.3 Å². The van der Waals surface area contributed by atoms with Crippen molar-refractivity contribution in [1.29, 1.82) is 0 Å². The molecule has 0 aliphatic carbocycles. The van der Waals surface area contributed by atoms with Gasteiger partial charge in [-0.25, -0.2) is 4.79 Å². The van der Waals surface area contributed by atoms with Gasteiger partial charge in [0.05, 0.1) is 5.56 Å². The van der Waals surface area contributed by atoms with E-state index in [2.05, 4.69) is 30.5 Å². The lowest BCUT2D eigenvalue weighted by Crippen LogP contribution is -2.23. The molecule has 1 heterocycles. The van der Waals surface area contributed by atoms with Crippen molar-refractivity contribution in [2.24, 2.45) is 0 Å². The third-order valence-corrected chi connectivity index (χ3v) is 4.82. The first-order valence-corrected chi connectivity index (χ1v) is 9.59. The molecule has 0 radical (unpaired) electrons. The molecule has 2 aromatic carbocycles. The van der Waals surface area contributed by atoms with Gasteiger partial charge in [0.2, 0.25) is 0 Å². The lowest BCUT2D eigenvalue weighted by molar-refractivity contribution is 0.0956. The van der Waals surface area contributed by atoms with Crippen LogP contribution >= 0.6 is 0 Å². The lowest BCUT2D eigenvalue weighted by atomic mass is 9.95. The number of para-hydroxylation sites is 1. The van der Waals surface area contributed by atoms with Crippen molar-refractivity contribution >= 4 is 22.6 Å². The number of amides is 1. The van der Waals surface area contributed by atoms with Crippen LogP contribution in [0.4, 0.5) is 5.69 Å². The number of fused-ring (bicyclic) bond motifs is 1. The predicted molar refractivity (Wildman–Crippen MR) is 113 cm³/mol. The summed E-state index contributed by atoms with van der Waals surface area (Å²) in [6, 6.07) is 12.9. The second-order valence-corrected chi connectivity index (χ2v) is 7.21. The highest BCUT2D eigenvalue weighted by Crippen LogP contribution is 2.27. The Morgan fingerprint density at radius 3 is 2.61 bits per heavy atom. The first-order valence-electron chi connectivity index (χ1n) is 9.59. The first-order chi connectivity index (χ1) is 13.4. The number of aryl methyl sites for hydroxylation is 1. The Bertz CT molecular complexity index is 1070. The fourth-order valence-corrected chi connectivity index (χ4v) is 3.44. The number of hydrogen-bond acceptors (Lipinski definition) is 4. The van der Waals surface area contributed by atoms with Gasteiger partial charge < -0.3 is 15.1 Å². The number of anilines is 1. The molecular weight excluding hydrogens is 352 g/mol. The fourth-order valence-electron chi connectivity index (χ4n) is 3.44. The minimum absolute atomic E-state index is 0.124. The molecule has 0 unspecified atom stereocenters. The molecule has 0 fully saturated rings. The van der Waals surface area contributed by atoms with Crippen LogP contribution < -0.4 is 16.3 Å². The Balaban J connectivity index is 1.98. The van der Waals surface area contributed by atoms with Crippen LogP contribution in [0.2, 0.25) is 0 Å². The van der Waals surface area contributed by atoms with Crippen molar-refractivity contribution in [3.63, 3.8) is 0 Å². The zero-order valence-electron chi connectivity index (χ0n) is 16.8. The van der Waals surface area contributed by atoms with Crippen molar-refractivity contribution in [1.82, 2.24) is 5.32 Å². The van der Waals surface area contributed by atoms with E-state index in [0.29, 0.717) is 30.2 Å². The lowest BCUT2D eigenvalue weighted by Gasteiger charge is -2.15. The van der Waals surface area contributed by atoms with Crippen LogP contribution in [0.1, 0.15) is 53.7 Å². The molecule has 0 spiro atoms. The normalized spacial score (nSPS) is 11.0. The molecule has 1 amide bonds. The molecular formula is C23H26N2O3. The second-order valence-electron chi connectivity index (χ2n) is 7.21.